The van der Waals surface area contributed by atoms with Crippen molar-refractivity contribution < 1.29 is 14.3 Å². The molecule has 2 unspecified atom stereocenters. The van der Waals surface area contributed by atoms with Crippen LogP contribution in [-0.2, 0) is 27.2 Å². The maximum atomic E-state index is 12.7. The van der Waals surface area contributed by atoms with Crippen molar-refractivity contribution in [3.8, 4) is 0 Å². The molecule has 2 atom stereocenters. The van der Waals surface area contributed by atoms with E-state index in [9.17, 15) is 9.59 Å². The Morgan fingerprint density at radius 2 is 1.83 bits per heavy atom. The quantitative estimate of drug-likeness (QED) is 0.740. The van der Waals surface area contributed by atoms with E-state index in [0.29, 0.717) is 19.3 Å². The summed E-state index contributed by atoms with van der Waals surface area (Å²) in [7, 11) is 0. The topological polar surface area (TPSA) is 46.6 Å². The van der Waals surface area contributed by atoms with E-state index in [1.165, 1.54) is 0 Å². The molecule has 2 aromatic carbocycles. The minimum Gasteiger partial charge on any atom is -0.349 e. The number of hydrogen-bond donors (Lipinski definition) is 0. The first-order valence-electron chi connectivity index (χ1n) is 7.84. The zero-order valence-electron chi connectivity index (χ0n) is 13.1. The maximum absolute atomic E-state index is 12.7. The zero-order valence-corrected chi connectivity index (χ0v) is 14.7. The molecule has 1 fully saturated rings. The third-order valence-corrected chi connectivity index (χ3v) is 4.64. The van der Waals surface area contributed by atoms with Crippen LogP contribution in [0.1, 0.15) is 11.1 Å². The molecule has 3 rings (SSSR count). The molecule has 1 aliphatic rings. The number of rotatable bonds is 5. The van der Waals surface area contributed by atoms with Gasteiger partial charge in [0.1, 0.15) is 0 Å². The largest absolute Gasteiger partial charge is 0.349 e. The second-order valence-corrected chi connectivity index (χ2v) is 6.72. The lowest BCUT2D eigenvalue weighted by Crippen LogP contribution is -2.44. The molecule has 124 valence electrons. The Hall–Kier alpha value is -1.98. The first-order chi connectivity index (χ1) is 11.7. The molecule has 0 radical (unpaired) electrons. The molecule has 5 heteroatoms. The number of nitrogens with zero attached hydrogens (tertiary/aromatic N) is 1. The van der Waals surface area contributed by atoms with E-state index in [1.807, 2.05) is 54.6 Å². The molecule has 1 amide bonds. The van der Waals surface area contributed by atoms with Crippen LogP contribution in [0.15, 0.2) is 59.1 Å². The summed E-state index contributed by atoms with van der Waals surface area (Å²) in [5, 5.41) is 0. The summed E-state index contributed by atoms with van der Waals surface area (Å²) in [4.78, 5) is 25.6. The first kappa shape index (κ1) is 16.9. The summed E-state index contributed by atoms with van der Waals surface area (Å²) in [6.07, 6.45) is 0.843. The second-order valence-electron chi connectivity index (χ2n) is 5.81. The standard InChI is InChI=1S/C19H18BrNO3/c20-16-8-6-15(7-9-16)11-18(23)21-17(13-24-19(21)12-22)10-14-4-2-1-3-5-14/h1-9,12,17,19H,10-11,13H2. The Balaban J connectivity index is 1.74. The van der Waals surface area contributed by atoms with Gasteiger partial charge in [-0.15, -0.1) is 0 Å². The van der Waals surface area contributed by atoms with Crippen LogP contribution in [0.3, 0.4) is 0 Å². The lowest BCUT2D eigenvalue weighted by atomic mass is 10.0. The van der Waals surface area contributed by atoms with Gasteiger partial charge in [-0.25, -0.2) is 0 Å². The van der Waals surface area contributed by atoms with Crippen molar-refractivity contribution in [2.24, 2.45) is 0 Å². The van der Waals surface area contributed by atoms with Crippen LogP contribution in [0.25, 0.3) is 0 Å². The number of halogens is 1. The van der Waals surface area contributed by atoms with Crippen molar-refractivity contribution in [2.45, 2.75) is 25.1 Å². The first-order valence-corrected chi connectivity index (χ1v) is 8.63. The van der Waals surface area contributed by atoms with E-state index in [-0.39, 0.29) is 18.4 Å². The Morgan fingerprint density at radius 1 is 1.12 bits per heavy atom. The monoisotopic (exact) mass is 387 g/mol. The summed E-state index contributed by atoms with van der Waals surface area (Å²) < 4.78 is 6.48. The fraction of sp³-hybridized carbons (Fsp3) is 0.263. The van der Waals surface area contributed by atoms with Crippen LogP contribution in [0.5, 0.6) is 0 Å². The molecule has 4 nitrogen and oxygen atoms in total. The van der Waals surface area contributed by atoms with Gasteiger partial charge in [0.2, 0.25) is 5.91 Å². The van der Waals surface area contributed by atoms with Crippen LogP contribution in [-0.4, -0.2) is 36.0 Å². The summed E-state index contributed by atoms with van der Waals surface area (Å²) in [6, 6.07) is 17.4. The van der Waals surface area contributed by atoms with Gasteiger partial charge in [-0.3, -0.25) is 9.59 Å². The van der Waals surface area contributed by atoms with Crippen molar-refractivity contribution in [3.63, 3.8) is 0 Å². The van der Waals surface area contributed by atoms with Gasteiger partial charge in [-0.2, -0.15) is 0 Å². The van der Waals surface area contributed by atoms with E-state index in [0.717, 1.165) is 15.6 Å². The number of benzene rings is 2. The molecule has 1 heterocycles. The van der Waals surface area contributed by atoms with Crippen LogP contribution in [0.4, 0.5) is 0 Å². The highest BCUT2D eigenvalue weighted by Crippen LogP contribution is 2.21. The van der Waals surface area contributed by atoms with Gasteiger partial charge in [-0.05, 0) is 29.7 Å². The van der Waals surface area contributed by atoms with Crippen LogP contribution < -0.4 is 0 Å². The van der Waals surface area contributed by atoms with Gasteiger partial charge in [0, 0.05) is 4.47 Å². The summed E-state index contributed by atoms with van der Waals surface area (Å²) in [6.45, 7) is 0.379. The SMILES string of the molecule is O=CC1OCC(Cc2ccccc2)N1C(=O)Cc1ccc(Br)cc1. The van der Waals surface area contributed by atoms with Crippen molar-refractivity contribution in [1.29, 1.82) is 0 Å². The highest BCUT2D eigenvalue weighted by molar-refractivity contribution is 9.10. The third kappa shape index (κ3) is 3.91. The molecule has 24 heavy (non-hydrogen) atoms. The molecular weight excluding hydrogens is 370 g/mol. The summed E-state index contributed by atoms with van der Waals surface area (Å²) in [5.41, 5.74) is 2.04. The van der Waals surface area contributed by atoms with E-state index < -0.39 is 6.23 Å². The van der Waals surface area contributed by atoms with Crippen LogP contribution in [0, 0.1) is 0 Å². The van der Waals surface area contributed by atoms with E-state index in [1.54, 1.807) is 4.90 Å². The highest BCUT2D eigenvalue weighted by Gasteiger charge is 2.37. The number of ether oxygens (including phenoxy) is 1. The Morgan fingerprint density at radius 3 is 2.50 bits per heavy atom. The predicted molar refractivity (Wildman–Crippen MR) is 94.4 cm³/mol. The van der Waals surface area contributed by atoms with Crippen LogP contribution in [0.2, 0.25) is 0 Å². The molecule has 0 aromatic heterocycles. The molecule has 0 spiro atoms. The average Bonchev–Trinajstić information content (AvgIpc) is 3.00. The van der Waals surface area contributed by atoms with Crippen molar-refractivity contribution >= 4 is 28.1 Å². The number of carbonyl (C=O) groups excluding carboxylic acids is 2. The van der Waals surface area contributed by atoms with Gasteiger partial charge in [0.05, 0.1) is 19.1 Å². The summed E-state index contributed by atoms with van der Waals surface area (Å²) in [5.74, 6) is -0.0900. The van der Waals surface area contributed by atoms with Gasteiger partial charge >= 0.3 is 0 Å². The second kappa shape index (κ2) is 7.73. The van der Waals surface area contributed by atoms with Crippen molar-refractivity contribution in [2.75, 3.05) is 6.61 Å². The minimum atomic E-state index is -0.790. The maximum Gasteiger partial charge on any atom is 0.229 e. The predicted octanol–water partition coefficient (Wildman–Crippen LogP) is 2.99. The smallest absolute Gasteiger partial charge is 0.229 e. The molecule has 0 N–H and O–H groups in total. The molecular formula is C19H18BrNO3. The van der Waals surface area contributed by atoms with Gasteiger partial charge < -0.3 is 9.64 Å². The molecule has 2 aromatic rings. The lowest BCUT2D eigenvalue weighted by Gasteiger charge is -2.26. The van der Waals surface area contributed by atoms with E-state index in [4.69, 9.17) is 4.74 Å². The number of carbonyl (C=O) groups is 2. The lowest BCUT2D eigenvalue weighted by molar-refractivity contribution is -0.141. The molecule has 0 bridgehead atoms. The fourth-order valence-corrected chi connectivity index (χ4v) is 3.20. The zero-order chi connectivity index (χ0) is 16.9. The Kier molecular flexibility index (Phi) is 5.43. The van der Waals surface area contributed by atoms with E-state index >= 15 is 0 Å². The van der Waals surface area contributed by atoms with Crippen molar-refractivity contribution in [1.82, 2.24) is 4.90 Å². The number of hydrogen-bond acceptors (Lipinski definition) is 3. The van der Waals surface area contributed by atoms with Crippen LogP contribution >= 0.6 is 15.9 Å². The molecule has 1 saturated heterocycles. The Labute approximate surface area is 149 Å². The number of amides is 1. The molecule has 0 aliphatic carbocycles. The van der Waals surface area contributed by atoms with Crippen molar-refractivity contribution in [3.05, 3.63) is 70.2 Å². The van der Waals surface area contributed by atoms with E-state index in [2.05, 4.69) is 15.9 Å². The summed E-state index contributed by atoms with van der Waals surface area (Å²) >= 11 is 3.38. The molecule has 0 saturated carbocycles. The van der Waals surface area contributed by atoms with Gasteiger partial charge in [-0.1, -0.05) is 58.4 Å². The highest BCUT2D eigenvalue weighted by atomic mass is 79.9. The minimum absolute atomic E-state index is 0.0900. The molecule has 1 aliphatic heterocycles. The van der Waals surface area contributed by atoms with Gasteiger partial charge in [0.25, 0.3) is 0 Å². The normalized spacial score (nSPS) is 20.1. The number of aldehydes is 1. The van der Waals surface area contributed by atoms with Gasteiger partial charge in [0.15, 0.2) is 12.5 Å². The third-order valence-electron chi connectivity index (χ3n) is 4.11. The average molecular weight is 388 g/mol. The Bertz CT molecular complexity index is 702. The fourth-order valence-electron chi connectivity index (χ4n) is 2.94.